The number of aryl methyl sites for hydroxylation is 1. The number of carbonyl (C=O) groups excluding carboxylic acids is 1. The topological polar surface area (TPSA) is 97.6 Å². The van der Waals surface area contributed by atoms with E-state index >= 15 is 0 Å². The van der Waals surface area contributed by atoms with Crippen LogP contribution in [0.2, 0.25) is 0 Å². The van der Waals surface area contributed by atoms with Gasteiger partial charge in [0.15, 0.2) is 0 Å². The number of nitrogens with two attached hydrogens (primary N) is 1. The summed E-state index contributed by atoms with van der Waals surface area (Å²) in [6.07, 6.45) is 8.81. The summed E-state index contributed by atoms with van der Waals surface area (Å²) in [6, 6.07) is 9.63. The number of aromatic nitrogens is 5. The Balaban J connectivity index is 1.18. The fourth-order valence-electron chi connectivity index (χ4n) is 4.98. The molecule has 5 aromatic rings. The Morgan fingerprint density at radius 1 is 0.923 bits per heavy atom. The quantitative estimate of drug-likeness (QED) is 0.375. The first-order valence-electron chi connectivity index (χ1n) is 12.6. The molecular weight excluding hydrogens is 502 g/mol. The summed E-state index contributed by atoms with van der Waals surface area (Å²) in [5.41, 5.74) is 11.1. The van der Waals surface area contributed by atoms with E-state index in [-0.39, 0.29) is 17.9 Å². The number of hydrogen-bond acceptors (Lipinski definition) is 6. The Hall–Kier alpha value is -4.80. The Labute approximate surface area is 223 Å². The fourth-order valence-corrected chi connectivity index (χ4v) is 4.98. The second kappa shape index (κ2) is 9.82. The number of amides is 1. The van der Waals surface area contributed by atoms with Crippen molar-refractivity contribution in [1.29, 1.82) is 0 Å². The minimum Gasteiger partial charge on any atom is -0.396 e. The summed E-state index contributed by atoms with van der Waals surface area (Å²) in [5, 5.41) is 8.68. The average molecular weight is 529 g/mol. The second-order valence-corrected chi connectivity index (χ2v) is 9.59. The minimum atomic E-state index is -0.702. The molecule has 0 saturated carbocycles. The van der Waals surface area contributed by atoms with Gasteiger partial charge >= 0.3 is 0 Å². The van der Waals surface area contributed by atoms with Crippen molar-refractivity contribution in [2.45, 2.75) is 6.42 Å². The van der Waals surface area contributed by atoms with Crippen molar-refractivity contribution in [3.63, 3.8) is 0 Å². The number of pyridine rings is 2. The van der Waals surface area contributed by atoms with Crippen LogP contribution in [-0.4, -0.2) is 61.4 Å². The number of nitrogen functional groups attached to an aromatic ring is 1. The van der Waals surface area contributed by atoms with Crippen LogP contribution in [-0.2, 0) is 18.3 Å². The Morgan fingerprint density at radius 2 is 1.69 bits per heavy atom. The standard InChI is InChI=1S/C28H26F2N8O/c1-35-16-20(14-33-35)19-11-21(28-25(31)15-34-38(28)17-19)18-5-6-26(32-13-18)36-7-9-37(10-8-36)27(39)12-22-23(29)3-2-4-24(22)30/h2-6,11,13-17H,7-10,12,31H2,1H3. The van der Waals surface area contributed by atoms with E-state index in [1.165, 1.54) is 18.2 Å². The van der Waals surface area contributed by atoms with Gasteiger partial charge in [-0.2, -0.15) is 10.2 Å². The van der Waals surface area contributed by atoms with E-state index in [0.29, 0.717) is 31.9 Å². The average Bonchev–Trinajstić information content (AvgIpc) is 3.56. The summed E-state index contributed by atoms with van der Waals surface area (Å²) in [5.74, 6) is -0.913. The van der Waals surface area contributed by atoms with E-state index in [2.05, 4.69) is 21.2 Å². The number of benzene rings is 1. The van der Waals surface area contributed by atoms with E-state index in [1.54, 1.807) is 26.5 Å². The molecule has 0 aliphatic carbocycles. The van der Waals surface area contributed by atoms with Crippen LogP contribution in [0.15, 0.2) is 67.4 Å². The van der Waals surface area contributed by atoms with Crippen LogP contribution in [0.3, 0.4) is 0 Å². The minimum absolute atomic E-state index is 0.192. The third-order valence-electron chi connectivity index (χ3n) is 7.08. The van der Waals surface area contributed by atoms with Gasteiger partial charge in [0.25, 0.3) is 0 Å². The van der Waals surface area contributed by atoms with Crippen LogP contribution in [0.25, 0.3) is 27.8 Å². The summed E-state index contributed by atoms with van der Waals surface area (Å²) in [7, 11) is 1.87. The number of fused-ring (bicyclic) bond motifs is 1. The zero-order valence-electron chi connectivity index (χ0n) is 21.3. The molecule has 2 N–H and O–H groups in total. The SMILES string of the molecule is Cn1cc(-c2cc(-c3ccc(N4CCN(C(=O)Cc5c(F)cccc5F)CC4)nc3)c3c(N)cnn3c2)cn1. The van der Waals surface area contributed by atoms with Crippen molar-refractivity contribution in [2.24, 2.45) is 7.05 Å². The number of carbonyl (C=O) groups is 1. The molecule has 0 spiro atoms. The highest BCUT2D eigenvalue weighted by molar-refractivity contribution is 5.91. The monoisotopic (exact) mass is 528 g/mol. The van der Waals surface area contributed by atoms with Crippen molar-refractivity contribution in [2.75, 3.05) is 36.8 Å². The van der Waals surface area contributed by atoms with Gasteiger partial charge in [-0.1, -0.05) is 6.07 Å². The van der Waals surface area contributed by atoms with E-state index < -0.39 is 11.6 Å². The van der Waals surface area contributed by atoms with Gasteiger partial charge in [-0.15, -0.1) is 0 Å². The lowest BCUT2D eigenvalue weighted by Gasteiger charge is -2.35. The molecule has 0 atom stereocenters. The molecule has 1 amide bonds. The number of nitrogens with zero attached hydrogens (tertiary/aromatic N) is 7. The van der Waals surface area contributed by atoms with Gasteiger partial charge in [0, 0.05) is 79.6 Å². The molecule has 198 valence electrons. The molecule has 9 nitrogen and oxygen atoms in total. The highest BCUT2D eigenvalue weighted by Crippen LogP contribution is 2.33. The number of rotatable bonds is 5. The van der Waals surface area contributed by atoms with Crippen LogP contribution in [0.5, 0.6) is 0 Å². The third-order valence-corrected chi connectivity index (χ3v) is 7.08. The first kappa shape index (κ1) is 24.5. The maximum absolute atomic E-state index is 14.0. The van der Waals surface area contributed by atoms with Crippen LogP contribution in [0, 0.1) is 11.6 Å². The van der Waals surface area contributed by atoms with Gasteiger partial charge in [-0.25, -0.2) is 18.3 Å². The molecule has 11 heteroatoms. The fraction of sp³-hybridized carbons (Fsp3) is 0.214. The van der Waals surface area contributed by atoms with E-state index in [9.17, 15) is 13.6 Å². The lowest BCUT2D eigenvalue weighted by molar-refractivity contribution is -0.130. The maximum Gasteiger partial charge on any atom is 0.227 e. The van der Waals surface area contributed by atoms with Crippen LogP contribution < -0.4 is 10.6 Å². The van der Waals surface area contributed by atoms with Crippen molar-refractivity contribution in [3.05, 3.63) is 84.6 Å². The van der Waals surface area contributed by atoms with E-state index in [0.717, 1.165) is 33.6 Å². The molecular formula is C28H26F2N8O. The lowest BCUT2D eigenvalue weighted by atomic mass is 10.0. The summed E-state index contributed by atoms with van der Waals surface area (Å²) in [6.45, 7) is 2.01. The normalized spacial score (nSPS) is 13.8. The molecule has 4 aromatic heterocycles. The van der Waals surface area contributed by atoms with E-state index in [1.807, 2.05) is 37.8 Å². The van der Waals surface area contributed by atoms with Crippen molar-refractivity contribution in [3.8, 4) is 22.3 Å². The molecule has 1 saturated heterocycles. The molecule has 1 aliphatic heterocycles. The largest absolute Gasteiger partial charge is 0.396 e. The van der Waals surface area contributed by atoms with Gasteiger partial charge in [0.05, 0.1) is 30.0 Å². The first-order chi connectivity index (χ1) is 18.9. The lowest BCUT2D eigenvalue weighted by Crippen LogP contribution is -2.49. The summed E-state index contributed by atoms with van der Waals surface area (Å²) >= 11 is 0. The highest BCUT2D eigenvalue weighted by Gasteiger charge is 2.24. The van der Waals surface area contributed by atoms with Crippen molar-refractivity contribution in [1.82, 2.24) is 29.3 Å². The number of piperazine rings is 1. The predicted molar refractivity (Wildman–Crippen MR) is 144 cm³/mol. The number of halogens is 2. The molecule has 0 bridgehead atoms. The van der Waals surface area contributed by atoms with Gasteiger partial charge < -0.3 is 15.5 Å². The van der Waals surface area contributed by atoms with Crippen LogP contribution in [0.1, 0.15) is 5.56 Å². The highest BCUT2D eigenvalue weighted by atomic mass is 19.1. The number of hydrogen-bond donors (Lipinski definition) is 1. The Kier molecular flexibility index (Phi) is 6.18. The van der Waals surface area contributed by atoms with E-state index in [4.69, 9.17) is 10.7 Å². The van der Waals surface area contributed by atoms with Gasteiger partial charge in [0.1, 0.15) is 17.5 Å². The predicted octanol–water partition coefficient (Wildman–Crippen LogP) is 3.55. The smallest absolute Gasteiger partial charge is 0.227 e. The second-order valence-electron chi connectivity index (χ2n) is 9.59. The Bertz CT molecular complexity index is 1650. The molecule has 0 radical (unpaired) electrons. The molecule has 5 heterocycles. The van der Waals surface area contributed by atoms with Crippen molar-refractivity contribution < 1.29 is 13.6 Å². The molecule has 0 unspecified atom stereocenters. The zero-order chi connectivity index (χ0) is 27.1. The first-order valence-corrected chi connectivity index (χ1v) is 12.6. The molecule has 1 aromatic carbocycles. The summed E-state index contributed by atoms with van der Waals surface area (Å²) < 4.78 is 31.5. The molecule has 39 heavy (non-hydrogen) atoms. The molecule has 6 rings (SSSR count). The summed E-state index contributed by atoms with van der Waals surface area (Å²) in [4.78, 5) is 21.1. The molecule has 1 aliphatic rings. The van der Waals surface area contributed by atoms with Crippen molar-refractivity contribution >= 4 is 22.9 Å². The molecule has 1 fully saturated rings. The van der Waals surface area contributed by atoms with Gasteiger partial charge in [-0.3, -0.25) is 9.48 Å². The van der Waals surface area contributed by atoms with Crippen LogP contribution >= 0.6 is 0 Å². The van der Waals surface area contributed by atoms with Gasteiger partial charge in [-0.05, 0) is 30.3 Å². The van der Waals surface area contributed by atoms with Crippen LogP contribution in [0.4, 0.5) is 20.3 Å². The number of anilines is 2. The maximum atomic E-state index is 14.0. The Morgan fingerprint density at radius 3 is 2.36 bits per heavy atom. The van der Waals surface area contributed by atoms with Gasteiger partial charge in [0.2, 0.25) is 5.91 Å². The zero-order valence-corrected chi connectivity index (χ0v) is 21.3. The third kappa shape index (κ3) is 4.67.